The fourth-order valence-corrected chi connectivity index (χ4v) is 2.64. The van der Waals surface area contributed by atoms with E-state index < -0.39 is 12.0 Å². The standard InChI is InChI=1S/C18H16F3N3O/c1-24(11-12-7-3-6-10-15(12)25-2)16-13-8-4-5-9-14(13)22-17(23-16)18(19,20)21/h3-10H,11H2,1-2H3. The SMILES string of the molecule is COc1ccccc1CN(C)c1nc(C(F)(F)F)nc2ccccc12. The van der Waals surface area contributed by atoms with Gasteiger partial charge in [0.15, 0.2) is 0 Å². The Hall–Kier alpha value is -2.83. The molecule has 1 aromatic heterocycles. The van der Waals surface area contributed by atoms with Crippen molar-refractivity contribution < 1.29 is 17.9 Å². The van der Waals surface area contributed by atoms with Gasteiger partial charge in [-0.05, 0) is 18.2 Å². The van der Waals surface area contributed by atoms with Crippen molar-refractivity contribution in [3.63, 3.8) is 0 Å². The molecule has 0 unspecified atom stereocenters. The fourth-order valence-electron chi connectivity index (χ4n) is 2.64. The average Bonchev–Trinajstić information content (AvgIpc) is 2.60. The number of rotatable bonds is 4. The van der Waals surface area contributed by atoms with Gasteiger partial charge in [0.05, 0.1) is 12.6 Å². The van der Waals surface area contributed by atoms with Crippen LogP contribution in [0.25, 0.3) is 10.9 Å². The number of methoxy groups -OCH3 is 1. The minimum Gasteiger partial charge on any atom is -0.496 e. The normalized spacial score (nSPS) is 11.6. The minimum absolute atomic E-state index is 0.226. The van der Waals surface area contributed by atoms with E-state index in [1.54, 1.807) is 43.3 Å². The third-order valence-electron chi connectivity index (χ3n) is 3.80. The largest absolute Gasteiger partial charge is 0.496 e. The third-order valence-corrected chi connectivity index (χ3v) is 3.80. The molecule has 3 rings (SSSR count). The van der Waals surface area contributed by atoms with E-state index in [0.29, 0.717) is 17.7 Å². The van der Waals surface area contributed by atoms with E-state index in [-0.39, 0.29) is 11.3 Å². The molecular weight excluding hydrogens is 331 g/mol. The number of aromatic nitrogens is 2. The molecule has 2 aromatic carbocycles. The van der Waals surface area contributed by atoms with Gasteiger partial charge in [-0.25, -0.2) is 9.97 Å². The van der Waals surface area contributed by atoms with Crippen LogP contribution in [0.4, 0.5) is 19.0 Å². The molecule has 0 radical (unpaired) electrons. The molecule has 25 heavy (non-hydrogen) atoms. The molecule has 0 aliphatic heterocycles. The highest BCUT2D eigenvalue weighted by Crippen LogP contribution is 2.32. The van der Waals surface area contributed by atoms with E-state index >= 15 is 0 Å². The summed E-state index contributed by atoms with van der Waals surface area (Å²) in [6, 6.07) is 14.0. The summed E-state index contributed by atoms with van der Waals surface area (Å²) in [4.78, 5) is 9.08. The Morgan fingerprint density at radius 1 is 1.00 bits per heavy atom. The molecule has 1 heterocycles. The summed E-state index contributed by atoms with van der Waals surface area (Å²) in [5.74, 6) is -0.249. The van der Waals surface area contributed by atoms with Crippen LogP contribution in [0.2, 0.25) is 0 Å². The lowest BCUT2D eigenvalue weighted by atomic mass is 10.1. The highest BCUT2D eigenvalue weighted by Gasteiger charge is 2.35. The smallest absolute Gasteiger partial charge is 0.451 e. The van der Waals surface area contributed by atoms with Gasteiger partial charge in [-0.1, -0.05) is 30.3 Å². The number of nitrogens with zero attached hydrogens (tertiary/aromatic N) is 3. The molecule has 0 saturated heterocycles. The molecule has 7 heteroatoms. The number of halogens is 3. The van der Waals surface area contributed by atoms with Crippen molar-refractivity contribution in [3.05, 3.63) is 59.9 Å². The predicted octanol–water partition coefficient (Wildman–Crippen LogP) is 4.29. The molecule has 4 nitrogen and oxygen atoms in total. The maximum absolute atomic E-state index is 13.1. The fraction of sp³-hybridized carbons (Fsp3) is 0.222. The summed E-state index contributed by atoms with van der Waals surface area (Å²) in [5.41, 5.74) is 1.11. The molecule has 0 aliphatic rings. The molecule has 130 valence electrons. The second-order valence-electron chi connectivity index (χ2n) is 5.55. The van der Waals surface area contributed by atoms with E-state index in [1.807, 2.05) is 24.3 Å². The van der Waals surface area contributed by atoms with E-state index in [0.717, 1.165) is 5.56 Å². The van der Waals surface area contributed by atoms with Crippen molar-refractivity contribution in [1.82, 2.24) is 9.97 Å². The summed E-state index contributed by atoms with van der Waals surface area (Å²) < 4.78 is 44.7. The molecular formula is C18H16F3N3O. The summed E-state index contributed by atoms with van der Waals surface area (Å²) in [7, 11) is 3.25. The van der Waals surface area contributed by atoms with Crippen LogP contribution in [0.5, 0.6) is 5.75 Å². The second-order valence-corrected chi connectivity index (χ2v) is 5.55. The van der Waals surface area contributed by atoms with Crippen molar-refractivity contribution in [2.45, 2.75) is 12.7 Å². The van der Waals surface area contributed by atoms with Crippen molar-refractivity contribution in [2.24, 2.45) is 0 Å². The predicted molar refractivity (Wildman–Crippen MR) is 89.6 cm³/mol. The third kappa shape index (κ3) is 3.50. The number of para-hydroxylation sites is 2. The minimum atomic E-state index is -4.61. The van der Waals surface area contributed by atoms with Gasteiger partial charge >= 0.3 is 6.18 Å². The Morgan fingerprint density at radius 3 is 2.40 bits per heavy atom. The van der Waals surface area contributed by atoms with Gasteiger partial charge in [-0.2, -0.15) is 13.2 Å². The van der Waals surface area contributed by atoms with E-state index in [4.69, 9.17) is 4.74 Å². The van der Waals surface area contributed by atoms with Crippen LogP contribution in [-0.2, 0) is 12.7 Å². The van der Waals surface area contributed by atoms with Crippen LogP contribution >= 0.6 is 0 Å². The molecule has 0 N–H and O–H groups in total. The topological polar surface area (TPSA) is 38.2 Å². The zero-order valence-electron chi connectivity index (χ0n) is 13.7. The second kappa shape index (κ2) is 6.58. The maximum Gasteiger partial charge on any atom is 0.451 e. The Morgan fingerprint density at radius 2 is 1.68 bits per heavy atom. The number of fused-ring (bicyclic) bond motifs is 1. The first kappa shape index (κ1) is 17.0. The first-order chi connectivity index (χ1) is 11.9. The van der Waals surface area contributed by atoms with E-state index in [1.165, 1.54) is 0 Å². The van der Waals surface area contributed by atoms with Gasteiger partial charge in [0.2, 0.25) is 5.82 Å². The molecule has 0 bridgehead atoms. The van der Waals surface area contributed by atoms with Crippen molar-refractivity contribution in [2.75, 3.05) is 19.1 Å². The monoisotopic (exact) mass is 347 g/mol. The van der Waals surface area contributed by atoms with Crippen molar-refractivity contribution in [3.8, 4) is 5.75 Å². The van der Waals surface area contributed by atoms with Crippen LogP contribution < -0.4 is 9.64 Å². The van der Waals surface area contributed by atoms with Gasteiger partial charge in [-0.15, -0.1) is 0 Å². The lowest BCUT2D eigenvalue weighted by Crippen LogP contribution is -2.21. The van der Waals surface area contributed by atoms with E-state index in [2.05, 4.69) is 9.97 Å². The molecule has 0 atom stereocenters. The van der Waals surface area contributed by atoms with Gasteiger partial charge in [-0.3, -0.25) is 0 Å². The Balaban J connectivity index is 2.07. The highest BCUT2D eigenvalue weighted by atomic mass is 19.4. The van der Waals surface area contributed by atoms with Crippen LogP contribution in [0.3, 0.4) is 0 Å². The highest BCUT2D eigenvalue weighted by molar-refractivity contribution is 5.89. The number of ether oxygens (including phenoxy) is 1. The molecule has 0 aliphatic carbocycles. The zero-order chi connectivity index (χ0) is 18.0. The zero-order valence-corrected chi connectivity index (χ0v) is 13.7. The first-order valence-electron chi connectivity index (χ1n) is 7.57. The van der Waals surface area contributed by atoms with Crippen LogP contribution in [0.1, 0.15) is 11.4 Å². The molecule has 0 saturated carbocycles. The van der Waals surface area contributed by atoms with Crippen LogP contribution in [0, 0.1) is 0 Å². The van der Waals surface area contributed by atoms with Crippen molar-refractivity contribution in [1.29, 1.82) is 0 Å². The average molecular weight is 347 g/mol. The first-order valence-corrected chi connectivity index (χ1v) is 7.57. The Kier molecular flexibility index (Phi) is 4.48. The van der Waals surface area contributed by atoms with Crippen molar-refractivity contribution >= 4 is 16.7 Å². The van der Waals surface area contributed by atoms with E-state index in [9.17, 15) is 13.2 Å². The molecule has 0 amide bonds. The Bertz CT molecular complexity index is 896. The summed E-state index contributed by atoms with van der Waals surface area (Å²) in [6.07, 6.45) is -4.61. The summed E-state index contributed by atoms with van der Waals surface area (Å²) >= 11 is 0. The summed E-state index contributed by atoms with van der Waals surface area (Å²) in [6.45, 7) is 0.350. The van der Waals surface area contributed by atoms with Gasteiger partial charge in [0.1, 0.15) is 11.6 Å². The van der Waals surface area contributed by atoms with Gasteiger partial charge < -0.3 is 9.64 Å². The van der Waals surface area contributed by atoms with Crippen LogP contribution in [0.15, 0.2) is 48.5 Å². The number of alkyl halides is 3. The Labute approximate surface area is 142 Å². The van der Waals surface area contributed by atoms with Gasteiger partial charge in [0.25, 0.3) is 0 Å². The lowest BCUT2D eigenvalue weighted by molar-refractivity contribution is -0.144. The quantitative estimate of drug-likeness (QED) is 0.706. The number of hydrogen-bond acceptors (Lipinski definition) is 4. The van der Waals surface area contributed by atoms with Crippen LogP contribution in [-0.4, -0.2) is 24.1 Å². The molecule has 3 aromatic rings. The summed E-state index contributed by atoms with van der Waals surface area (Å²) in [5, 5.41) is 0.563. The molecule has 0 spiro atoms. The van der Waals surface area contributed by atoms with Gasteiger partial charge in [0, 0.05) is 24.5 Å². The number of benzene rings is 2. The maximum atomic E-state index is 13.1. The molecule has 0 fully saturated rings. The lowest BCUT2D eigenvalue weighted by Gasteiger charge is -2.22. The number of anilines is 1. The number of hydrogen-bond donors (Lipinski definition) is 0.